The van der Waals surface area contributed by atoms with Crippen molar-refractivity contribution in [1.82, 2.24) is 4.98 Å². The van der Waals surface area contributed by atoms with Gasteiger partial charge in [0.15, 0.2) is 0 Å². The minimum Gasteiger partial charge on any atom is -0.249 e. The van der Waals surface area contributed by atoms with E-state index in [4.69, 9.17) is 11.6 Å². The van der Waals surface area contributed by atoms with Gasteiger partial charge < -0.3 is 0 Å². The summed E-state index contributed by atoms with van der Waals surface area (Å²) in [5, 5.41) is 3.48. The van der Waals surface area contributed by atoms with E-state index < -0.39 is 0 Å². The maximum atomic E-state index is 6.06. The van der Waals surface area contributed by atoms with Gasteiger partial charge in [0, 0.05) is 18.0 Å². The summed E-state index contributed by atoms with van der Waals surface area (Å²) in [6, 6.07) is 0. The highest BCUT2D eigenvalue weighted by atomic mass is 35.5. The Balaban J connectivity index is 2.02. The lowest BCUT2D eigenvalue weighted by Crippen LogP contribution is -2.04. The molecule has 0 amide bonds. The van der Waals surface area contributed by atoms with Crippen molar-refractivity contribution in [1.29, 1.82) is 0 Å². The van der Waals surface area contributed by atoms with E-state index in [0.717, 1.165) is 12.8 Å². The second kappa shape index (κ2) is 4.25. The molecule has 1 nitrogen and oxygen atoms in total. The second-order valence-corrected chi connectivity index (χ2v) is 4.88. The van der Waals surface area contributed by atoms with Gasteiger partial charge in [-0.1, -0.05) is 11.6 Å². The van der Waals surface area contributed by atoms with Crippen LogP contribution in [-0.2, 0) is 6.42 Å². The predicted molar refractivity (Wildman–Crippen MR) is 57.4 cm³/mol. The normalized spacial score (nSPS) is 22.8. The highest BCUT2D eigenvalue weighted by molar-refractivity contribution is 7.09. The fourth-order valence-corrected chi connectivity index (χ4v) is 2.63. The van der Waals surface area contributed by atoms with Crippen LogP contribution >= 0.6 is 22.9 Å². The number of aromatic nitrogens is 1. The molecule has 1 aromatic heterocycles. The van der Waals surface area contributed by atoms with Crippen molar-refractivity contribution in [2.24, 2.45) is 0 Å². The van der Waals surface area contributed by atoms with Crippen molar-refractivity contribution in [3.63, 3.8) is 0 Å². The van der Waals surface area contributed by atoms with Crippen molar-refractivity contribution in [3.05, 3.63) is 28.2 Å². The molecule has 1 aromatic rings. The first kappa shape index (κ1) is 9.22. The Morgan fingerprint density at radius 2 is 2.54 bits per heavy atom. The van der Waals surface area contributed by atoms with E-state index in [2.05, 4.69) is 11.1 Å². The van der Waals surface area contributed by atoms with Gasteiger partial charge >= 0.3 is 0 Å². The molecular formula is C10H12ClNS. The van der Waals surface area contributed by atoms with Crippen LogP contribution in [0.25, 0.3) is 0 Å². The number of nitrogens with zero attached hydrogens (tertiary/aromatic N) is 1. The van der Waals surface area contributed by atoms with Gasteiger partial charge in [-0.05, 0) is 19.3 Å². The lowest BCUT2D eigenvalue weighted by Gasteiger charge is -2.15. The Bertz CT molecular complexity index is 292. The molecule has 0 aliphatic heterocycles. The average molecular weight is 214 g/mol. The predicted octanol–water partition coefficient (Wildman–Crippen LogP) is 3.40. The third-order valence-electron chi connectivity index (χ3n) is 2.26. The van der Waals surface area contributed by atoms with Crippen molar-refractivity contribution >= 4 is 22.9 Å². The second-order valence-electron chi connectivity index (χ2n) is 3.34. The zero-order valence-corrected chi connectivity index (χ0v) is 8.94. The first-order valence-corrected chi connectivity index (χ1v) is 5.88. The first-order chi connectivity index (χ1) is 6.34. The molecule has 0 bridgehead atoms. The standard InChI is InChI=1S/C10H12ClNS/c11-9-3-1-2-8(6-9)7-10-12-4-5-13-10/h4-6,9H,1-3,7H2. The maximum Gasteiger partial charge on any atom is 0.0965 e. The molecule has 0 fully saturated rings. The molecule has 70 valence electrons. The Morgan fingerprint density at radius 3 is 3.23 bits per heavy atom. The first-order valence-electron chi connectivity index (χ1n) is 4.56. The molecule has 1 heterocycles. The molecule has 1 aliphatic carbocycles. The number of alkyl halides is 1. The minimum atomic E-state index is 0.253. The quantitative estimate of drug-likeness (QED) is 0.542. The molecule has 1 aliphatic rings. The lowest BCUT2D eigenvalue weighted by atomic mass is 9.97. The van der Waals surface area contributed by atoms with E-state index in [-0.39, 0.29) is 5.38 Å². The molecule has 0 saturated heterocycles. The van der Waals surface area contributed by atoms with E-state index in [0.29, 0.717) is 0 Å². The molecule has 2 rings (SSSR count). The summed E-state index contributed by atoms with van der Waals surface area (Å²) in [6.07, 6.45) is 8.62. The van der Waals surface area contributed by atoms with Crippen LogP contribution in [0.4, 0.5) is 0 Å². The molecule has 0 radical (unpaired) electrons. The summed E-state index contributed by atoms with van der Waals surface area (Å²) < 4.78 is 0. The van der Waals surface area contributed by atoms with Crippen molar-refractivity contribution in [3.8, 4) is 0 Å². The van der Waals surface area contributed by atoms with E-state index >= 15 is 0 Å². The summed E-state index contributed by atoms with van der Waals surface area (Å²) in [6.45, 7) is 0. The summed E-state index contributed by atoms with van der Waals surface area (Å²) in [7, 11) is 0. The van der Waals surface area contributed by atoms with E-state index in [1.54, 1.807) is 11.3 Å². The topological polar surface area (TPSA) is 12.9 Å². The monoisotopic (exact) mass is 213 g/mol. The summed E-state index contributed by atoms with van der Waals surface area (Å²) in [4.78, 5) is 4.27. The van der Waals surface area contributed by atoms with Gasteiger partial charge in [-0.25, -0.2) is 4.98 Å². The maximum absolute atomic E-state index is 6.06. The molecule has 13 heavy (non-hydrogen) atoms. The average Bonchev–Trinajstić information content (AvgIpc) is 2.57. The summed E-state index contributed by atoms with van der Waals surface area (Å²) in [5.41, 5.74) is 1.46. The van der Waals surface area contributed by atoms with Gasteiger partial charge in [0.05, 0.1) is 10.4 Å². The SMILES string of the molecule is ClC1C=C(Cc2nccs2)CCC1. The highest BCUT2D eigenvalue weighted by Crippen LogP contribution is 2.24. The smallest absolute Gasteiger partial charge is 0.0965 e. The Labute approximate surface area is 87.5 Å². The van der Waals surface area contributed by atoms with Crippen LogP contribution < -0.4 is 0 Å². The van der Waals surface area contributed by atoms with Crippen LogP contribution in [-0.4, -0.2) is 10.4 Å². The molecule has 0 saturated carbocycles. The van der Waals surface area contributed by atoms with Gasteiger partial charge in [-0.15, -0.1) is 22.9 Å². The number of halogens is 1. The van der Waals surface area contributed by atoms with Crippen LogP contribution in [0.15, 0.2) is 23.2 Å². The van der Waals surface area contributed by atoms with Crippen LogP contribution in [0.3, 0.4) is 0 Å². The summed E-state index contributed by atoms with van der Waals surface area (Å²) >= 11 is 7.78. The number of allylic oxidation sites excluding steroid dienone is 2. The zero-order chi connectivity index (χ0) is 9.10. The van der Waals surface area contributed by atoms with Gasteiger partial charge in [-0.3, -0.25) is 0 Å². The third kappa shape index (κ3) is 2.55. The Morgan fingerprint density at radius 1 is 1.62 bits per heavy atom. The largest absolute Gasteiger partial charge is 0.249 e. The Kier molecular flexibility index (Phi) is 3.01. The van der Waals surface area contributed by atoms with Crippen molar-refractivity contribution < 1.29 is 0 Å². The number of hydrogen-bond acceptors (Lipinski definition) is 2. The molecule has 0 spiro atoms. The molecule has 1 unspecified atom stereocenters. The highest BCUT2D eigenvalue weighted by Gasteiger charge is 2.11. The van der Waals surface area contributed by atoms with E-state index in [1.165, 1.54) is 23.4 Å². The molecule has 0 aromatic carbocycles. The van der Waals surface area contributed by atoms with Gasteiger partial charge in [0.25, 0.3) is 0 Å². The number of thiazole rings is 1. The molecule has 1 atom stereocenters. The van der Waals surface area contributed by atoms with E-state index in [1.807, 2.05) is 11.6 Å². The van der Waals surface area contributed by atoms with Gasteiger partial charge in [0.2, 0.25) is 0 Å². The lowest BCUT2D eigenvalue weighted by molar-refractivity contribution is 0.693. The van der Waals surface area contributed by atoms with Crippen LogP contribution in [0.1, 0.15) is 24.3 Å². The van der Waals surface area contributed by atoms with Crippen LogP contribution in [0, 0.1) is 0 Å². The number of hydrogen-bond donors (Lipinski definition) is 0. The summed E-state index contributed by atoms with van der Waals surface area (Å²) in [5.74, 6) is 0. The third-order valence-corrected chi connectivity index (χ3v) is 3.38. The zero-order valence-electron chi connectivity index (χ0n) is 7.37. The van der Waals surface area contributed by atoms with Crippen molar-refractivity contribution in [2.45, 2.75) is 31.1 Å². The molecule has 3 heteroatoms. The van der Waals surface area contributed by atoms with Gasteiger partial charge in [0.1, 0.15) is 0 Å². The van der Waals surface area contributed by atoms with Gasteiger partial charge in [-0.2, -0.15) is 0 Å². The number of rotatable bonds is 2. The van der Waals surface area contributed by atoms with Crippen LogP contribution in [0.2, 0.25) is 0 Å². The van der Waals surface area contributed by atoms with Crippen LogP contribution in [0.5, 0.6) is 0 Å². The fraction of sp³-hybridized carbons (Fsp3) is 0.500. The minimum absolute atomic E-state index is 0.253. The Hall–Kier alpha value is -0.340. The van der Waals surface area contributed by atoms with E-state index in [9.17, 15) is 0 Å². The molecular weight excluding hydrogens is 202 g/mol. The van der Waals surface area contributed by atoms with Crippen molar-refractivity contribution in [2.75, 3.05) is 0 Å². The molecule has 0 N–H and O–H groups in total. The fourth-order valence-electron chi connectivity index (χ4n) is 1.63.